The molecule has 3 aliphatic rings. The summed E-state index contributed by atoms with van der Waals surface area (Å²) >= 11 is 0. The number of likely N-dealkylation sites (N-methyl/N-ethyl adjacent to an activating group) is 2. The first kappa shape index (κ1) is 21.2. The van der Waals surface area contributed by atoms with E-state index in [2.05, 4.69) is 36.2 Å². The SMILES string of the molecule is CNCCN(C)Cc1nn2c(c1[C@H]1CC[C@]3(CC1)CC(C)(C)CO3)CC(F)(F)C2. The molecule has 1 aliphatic carbocycles. The van der Waals surface area contributed by atoms with Crippen LogP contribution in [-0.2, 0) is 24.2 Å². The van der Waals surface area contributed by atoms with Gasteiger partial charge >= 0.3 is 0 Å². The monoisotopic (exact) mass is 410 g/mol. The summed E-state index contributed by atoms with van der Waals surface area (Å²) in [6, 6.07) is 0. The second kappa shape index (κ2) is 7.57. The van der Waals surface area contributed by atoms with Crippen LogP contribution in [0.1, 0.15) is 68.8 Å². The first-order valence-electron chi connectivity index (χ1n) is 11.1. The first-order chi connectivity index (χ1) is 13.6. The smallest absolute Gasteiger partial charge is 0.272 e. The maximum atomic E-state index is 14.1. The van der Waals surface area contributed by atoms with Gasteiger partial charge in [-0.25, -0.2) is 8.78 Å². The van der Waals surface area contributed by atoms with Crippen molar-refractivity contribution in [1.82, 2.24) is 20.0 Å². The number of hydrogen-bond acceptors (Lipinski definition) is 4. The Bertz CT molecular complexity index is 737. The second-order valence-corrected chi connectivity index (χ2v) is 10.4. The Labute approximate surface area is 173 Å². The van der Waals surface area contributed by atoms with Gasteiger partial charge in [0.05, 0.1) is 24.3 Å². The number of rotatable bonds is 6. The number of alkyl halides is 2. The highest BCUT2D eigenvalue weighted by Crippen LogP contribution is 2.51. The van der Waals surface area contributed by atoms with Crippen LogP contribution in [0.25, 0.3) is 0 Å². The van der Waals surface area contributed by atoms with Crippen LogP contribution in [0.4, 0.5) is 8.78 Å². The summed E-state index contributed by atoms with van der Waals surface area (Å²) in [5.74, 6) is -2.35. The van der Waals surface area contributed by atoms with Gasteiger partial charge in [0.25, 0.3) is 5.92 Å². The van der Waals surface area contributed by atoms with Crippen LogP contribution in [0.5, 0.6) is 0 Å². The van der Waals surface area contributed by atoms with Crippen molar-refractivity contribution in [2.45, 2.75) is 82.9 Å². The predicted octanol–water partition coefficient (Wildman–Crippen LogP) is 3.57. The molecule has 1 spiro atoms. The van der Waals surface area contributed by atoms with Gasteiger partial charge in [-0.1, -0.05) is 13.8 Å². The van der Waals surface area contributed by atoms with Gasteiger partial charge in [0, 0.05) is 30.9 Å². The molecule has 2 fully saturated rings. The molecule has 0 amide bonds. The zero-order chi connectivity index (χ0) is 20.9. The zero-order valence-corrected chi connectivity index (χ0v) is 18.4. The van der Waals surface area contributed by atoms with E-state index in [1.165, 1.54) is 0 Å². The molecule has 0 bridgehead atoms. The van der Waals surface area contributed by atoms with E-state index in [1.54, 1.807) is 4.68 Å². The van der Waals surface area contributed by atoms with Gasteiger partial charge < -0.3 is 10.1 Å². The number of hydrogen-bond donors (Lipinski definition) is 1. The predicted molar refractivity (Wildman–Crippen MR) is 109 cm³/mol. The second-order valence-electron chi connectivity index (χ2n) is 10.4. The van der Waals surface area contributed by atoms with Crippen LogP contribution in [-0.4, -0.2) is 60.0 Å². The number of ether oxygens (including phenoxy) is 1. The Morgan fingerprint density at radius 1 is 1.28 bits per heavy atom. The summed E-state index contributed by atoms with van der Waals surface area (Å²) in [7, 11) is 4.02. The fraction of sp³-hybridized carbons (Fsp3) is 0.864. The molecule has 1 aromatic rings. The van der Waals surface area contributed by atoms with Crippen molar-refractivity contribution in [2.24, 2.45) is 5.41 Å². The molecule has 0 aromatic carbocycles. The van der Waals surface area contributed by atoms with E-state index in [0.29, 0.717) is 12.5 Å². The summed E-state index contributed by atoms with van der Waals surface area (Å²) in [4.78, 5) is 2.23. The van der Waals surface area contributed by atoms with Crippen molar-refractivity contribution in [3.05, 3.63) is 17.0 Å². The minimum atomic E-state index is -2.66. The molecule has 5 nitrogen and oxygen atoms in total. The Morgan fingerprint density at radius 2 is 2.00 bits per heavy atom. The van der Waals surface area contributed by atoms with Gasteiger partial charge in [0.1, 0.15) is 6.54 Å². The average molecular weight is 411 g/mol. The largest absolute Gasteiger partial charge is 0.374 e. The number of nitrogens with zero attached hydrogens (tertiary/aromatic N) is 3. The summed E-state index contributed by atoms with van der Waals surface area (Å²) in [6.45, 7) is 7.63. The molecule has 4 rings (SSSR count). The van der Waals surface area contributed by atoms with Crippen molar-refractivity contribution < 1.29 is 13.5 Å². The molecule has 29 heavy (non-hydrogen) atoms. The summed E-state index contributed by atoms with van der Waals surface area (Å²) in [6.07, 6.45) is 5.01. The van der Waals surface area contributed by atoms with E-state index in [1.807, 2.05) is 7.05 Å². The molecule has 1 saturated carbocycles. The summed E-state index contributed by atoms with van der Waals surface area (Å²) in [5.41, 5.74) is 3.15. The standard InChI is InChI=1S/C22H36F2N4O/c1-20(2)13-21(29-15-20)7-5-16(6-8-21)19-17(12-27(4)10-9-25-3)26-28-14-22(23,24)11-18(19)28/h16,25H,5-15H2,1-4H3/t16-,21-. The van der Waals surface area contributed by atoms with Crippen LogP contribution in [0.2, 0.25) is 0 Å². The van der Waals surface area contributed by atoms with Crippen molar-refractivity contribution in [2.75, 3.05) is 33.8 Å². The topological polar surface area (TPSA) is 42.3 Å². The van der Waals surface area contributed by atoms with Crippen LogP contribution in [0, 0.1) is 5.41 Å². The third kappa shape index (κ3) is 4.37. The van der Waals surface area contributed by atoms with Gasteiger partial charge in [-0.3, -0.25) is 9.58 Å². The summed E-state index contributed by atoms with van der Waals surface area (Å²) in [5, 5.41) is 7.83. The Kier molecular flexibility index (Phi) is 5.53. The van der Waals surface area contributed by atoms with Crippen LogP contribution in [0.3, 0.4) is 0 Å². The number of fused-ring (bicyclic) bond motifs is 1. The molecule has 0 atom stereocenters. The minimum absolute atomic E-state index is 0.00399. The van der Waals surface area contributed by atoms with E-state index in [0.717, 1.165) is 68.8 Å². The highest BCUT2D eigenvalue weighted by molar-refractivity contribution is 5.34. The Hall–Kier alpha value is -1.05. The molecular weight excluding hydrogens is 374 g/mol. The highest BCUT2D eigenvalue weighted by atomic mass is 19.3. The third-order valence-electron chi connectivity index (χ3n) is 7.02. The number of aromatic nitrogens is 2. The fourth-order valence-electron chi connectivity index (χ4n) is 5.70. The molecule has 0 unspecified atom stereocenters. The molecule has 7 heteroatoms. The summed E-state index contributed by atoms with van der Waals surface area (Å²) < 4.78 is 36.1. The molecule has 0 radical (unpaired) electrons. The fourth-order valence-corrected chi connectivity index (χ4v) is 5.70. The Balaban J connectivity index is 1.53. The molecular formula is C22H36F2N4O. The molecule has 1 N–H and O–H groups in total. The molecule has 3 heterocycles. The van der Waals surface area contributed by atoms with E-state index >= 15 is 0 Å². The van der Waals surface area contributed by atoms with E-state index in [-0.39, 0.29) is 24.0 Å². The van der Waals surface area contributed by atoms with Crippen molar-refractivity contribution in [3.8, 4) is 0 Å². The quantitative estimate of drug-likeness (QED) is 0.779. The first-order valence-corrected chi connectivity index (χ1v) is 11.1. The van der Waals surface area contributed by atoms with Gasteiger partial charge in [0.2, 0.25) is 0 Å². The van der Waals surface area contributed by atoms with Crippen LogP contribution >= 0.6 is 0 Å². The van der Waals surface area contributed by atoms with E-state index in [4.69, 9.17) is 4.74 Å². The lowest BCUT2D eigenvalue weighted by atomic mass is 9.71. The zero-order valence-electron chi connectivity index (χ0n) is 18.4. The molecule has 2 aliphatic heterocycles. The molecule has 164 valence electrons. The highest BCUT2D eigenvalue weighted by Gasteiger charge is 2.48. The maximum absolute atomic E-state index is 14.1. The third-order valence-corrected chi connectivity index (χ3v) is 7.02. The van der Waals surface area contributed by atoms with Gasteiger partial charge in [-0.15, -0.1) is 0 Å². The van der Waals surface area contributed by atoms with Crippen LogP contribution < -0.4 is 5.32 Å². The lowest BCUT2D eigenvalue weighted by molar-refractivity contribution is -0.0296. The van der Waals surface area contributed by atoms with Gasteiger partial charge in [0.15, 0.2) is 0 Å². The van der Waals surface area contributed by atoms with Crippen LogP contribution in [0.15, 0.2) is 0 Å². The lowest BCUT2D eigenvalue weighted by Gasteiger charge is -2.37. The van der Waals surface area contributed by atoms with Crippen molar-refractivity contribution >= 4 is 0 Å². The Morgan fingerprint density at radius 3 is 2.62 bits per heavy atom. The molecule has 1 aromatic heterocycles. The van der Waals surface area contributed by atoms with Crippen molar-refractivity contribution in [3.63, 3.8) is 0 Å². The van der Waals surface area contributed by atoms with E-state index in [9.17, 15) is 8.78 Å². The molecule has 1 saturated heterocycles. The van der Waals surface area contributed by atoms with Crippen molar-refractivity contribution in [1.29, 1.82) is 0 Å². The van der Waals surface area contributed by atoms with Gasteiger partial charge in [-0.05, 0) is 57.5 Å². The van der Waals surface area contributed by atoms with E-state index < -0.39 is 5.92 Å². The van der Waals surface area contributed by atoms with Gasteiger partial charge in [-0.2, -0.15) is 5.10 Å². The number of nitrogens with one attached hydrogen (secondary N) is 1. The maximum Gasteiger partial charge on any atom is 0.272 e. The minimum Gasteiger partial charge on any atom is -0.374 e. The lowest BCUT2D eigenvalue weighted by Crippen LogP contribution is -2.34. The average Bonchev–Trinajstić information content (AvgIpc) is 3.21. The normalized spacial score (nSPS) is 30.4. The number of halogens is 2.